The highest BCUT2D eigenvalue weighted by atomic mass is 32.2. The van der Waals surface area contributed by atoms with Gasteiger partial charge in [0.15, 0.2) is 11.5 Å². The normalized spacial score (nSPS) is 10.8. The molecule has 0 unspecified atom stereocenters. The van der Waals surface area contributed by atoms with Crippen LogP contribution < -0.4 is 33.9 Å². The van der Waals surface area contributed by atoms with Crippen LogP contribution in [0, 0.1) is 0 Å². The number of nitrogens with one attached hydrogen (secondary N) is 2. The summed E-state index contributed by atoms with van der Waals surface area (Å²) < 4.78 is 47.2. The number of ether oxygens (including phenoxy) is 4. The van der Waals surface area contributed by atoms with Gasteiger partial charge in [-0.05, 0) is 48.4 Å². The second-order valence-corrected chi connectivity index (χ2v) is 10.5. The quantitative estimate of drug-likeness (QED) is 0.320. The first-order valence-electron chi connectivity index (χ1n) is 12.2. The van der Waals surface area contributed by atoms with Crippen molar-refractivity contribution in [1.29, 1.82) is 0 Å². The highest BCUT2D eigenvalue weighted by Crippen LogP contribution is 2.33. The zero-order chi connectivity index (χ0) is 29.3. The van der Waals surface area contributed by atoms with Crippen LogP contribution in [0.25, 0.3) is 0 Å². The van der Waals surface area contributed by atoms with Gasteiger partial charge in [0.25, 0.3) is 5.91 Å². The summed E-state index contributed by atoms with van der Waals surface area (Å²) in [4.78, 5) is 26.0. The summed E-state index contributed by atoms with van der Waals surface area (Å²) in [6, 6.07) is 16.6. The van der Waals surface area contributed by atoms with Crippen LogP contribution in [-0.2, 0) is 21.2 Å². The number of nitrogens with zero attached hydrogens (tertiary/aromatic N) is 1. The van der Waals surface area contributed by atoms with Crippen molar-refractivity contribution in [1.82, 2.24) is 5.32 Å². The van der Waals surface area contributed by atoms with Crippen molar-refractivity contribution >= 4 is 33.2 Å². The Hall–Kier alpha value is -4.45. The Balaban J connectivity index is 1.71. The highest BCUT2D eigenvalue weighted by Gasteiger charge is 2.25. The van der Waals surface area contributed by atoms with Crippen LogP contribution >= 0.6 is 0 Å². The van der Waals surface area contributed by atoms with Crippen LogP contribution in [0.5, 0.6) is 23.0 Å². The third-order valence-electron chi connectivity index (χ3n) is 5.94. The predicted molar refractivity (Wildman–Crippen MR) is 152 cm³/mol. The number of methoxy groups -OCH3 is 4. The lowest BCUT2D eigenvalue weighted by molar-refractivity contribution is -0.114. The summed E-state index contributed by atoms with van der Waals surface area (Å²) in [5, 5.41) is 5.50. The first-order valence-corrected chi connectivity index (χ1v) is 14.0. The van der Waals surface area contributed by atoms with Gasteiger partial charge < -0.3 is 29.6 Å². The fraction of sp³-hybridized carbons (Fsp3) is 0.286. The molecule has 3 aromatic carbocycles. The van der Waals surface area contributed by atoms with Gasteiger partial charge in [0.1, 0.15) is 18.0 Å². The molecule has 0 saturated heterocycles. The van der Waals surface area contributed by atoms with Gasteiger partial charge in [0.2, 0.25) is 15.9 Å². The van der Waals surface area contributed by atoms with E-state index in [1.807, 2.05) is 12.1 Å². The number of sulfonamides is 1. The maximum Gasteiger partial charge on any atom is 0.253 e. The number of carbonyl (C=O) groups is 2. The number of hydrogen-bond donors (Lipinski definition) is 2. The van der Waals surface area contributed by atoms with Crippen LogP contribution in [0.3, 0.4) is 0 Å². The molecule has 0 saturated carbocycles. The van der Waals surface area contributed by atoms with Gasteiger partial charge in [-0.25, -0.2) is 8.42 Å². The Morgan fingerprint density at radius 2 is 1.52 bits per heavy atom. The molecule has 0 bridgehead atoms. The predicted octanol–water partition coefficient (Wildman–Crippen LogP) is 3.10. The lowest BCUT2D eigenvalue weighted by Gasteiger charge is -2.24. The zero-order valence-electron chi connectivity index (χ0n) is 23.0. The molecule has 3 rings (SSSR count). The smallest absolute Gasteiger partial charge is 0.253 e. The number of carbonyl (C=O) groups excluding carboxylic acids is 2. The molecule has 2 N–H and O–H groups in total. The molecule has 0 aliphatic rings. The summed E-state index contributed by atoms with van der Waals surface area (Å²) in [6.45, 7) is -0.216. The molecule has 40 heavy (non-hydrogen) atoms. The maximum absolute atomic E-state index is 13.0. The largest absolute Gasteiger partial charge is 0.497 e. The van der Waals surface area contributed by atoms with E-state index < -0.39 is 28.4 Å². The van der Waals surface area contributed by atoms with E-state index in [2.05, 4.69) is 10.6 Å². The first kappa shape index (κ1) is 30.1. The number of rotatable bonds is 13. The molecule has 12 heteroatoms. The molecule has 0 fully saturated rings. The third kappa shape index (κ3) is 7.56. The fourth-order valence-electron chi connectivity index (χ4n) is 3.93. The summed E-state index contributed by atoms with van der Waals surface area (Å²) in [6.07, 6.45) is 1.53. The standard InChI is InChI=1S/C28H33N3O8S/c1-36-20-11-12-23(25(17-20)38-3)31(40(5,34)35)18-27(32)30-22-9-7-6-8-21(22)28(33)29-15-14-19-10-13-24(37-2)26(16-19)39-4/h6-13,16-17H,14-15,18H2,1-5H3,(H,29,33)(H,30,32). The molecule has 0 spiro atoms. The summed E-state index contributed by atoms with van der Waals surface area (Å²) in [5.74, 6) is 0.841. The van der Waals surface area contributed by atoms with E-state index in [-0.39, 0.29) is 22.7 Å². The summed E-state index contributed by atoms with van der Waals surface area (Å²) in [5.41, 5.74) is 1.58. The molecule has 0 aromatic heterocycles. The van der Waals surface area contributed by atoms with Gasteiger partial charge in [0, 0.05) is 12.6 Å². The first-order chi connectivity index (χ1) is 19.1. The molecule has 0 heterocycles. The third-order valence-corrected chi connectivity index (χ3v) is 7.06. The van der Waals surface area contributed by atoms with Crippen LogP contribution in [0.15, 0.2) is 60.7 Å². The van der Waals surface area contributed by atoms with Crippen LogP contribution in [0.4, 0.5) is 11.4 Å². The van der Waals surface area contributed by atoms with Crippen molar-refractivity contribution in [2.75, 3.05) is 57.4 Å². The minimum Gasteiger partial charge on any atom is -0.497 e. The van der Waals surface area contributed by atoms with Crippen molar-refractivity contribution in [2.45, 2.75) is 6.42 Å². The molecule has 0 atom stereocenters. The molecule has 11 nitrogen and oxygen atoms in total. The highest BCUT2D eigenvalue weighted by molar-refractivity contribution is 7.92. The molecular weight excluding hydrogens is 538 g/mol. The Labute approximate surface area is 234 Å². The van der Waals surface area contributed by atoms with Crippen molar-refractivity contribution in [2.24, 2.45) is 0 Å². The summed E-state index contributed by atoms with van der Waals surface area (Å²) >= 11 is 0. The lowest BCUT2D eigenvalue weighted by Crippen LogP contribution is -2.38. The van der Waals surface area contributed by atoms with E-state index >= 15 is 0 Å². The number of para-hydroxylation sites is 1. The molecule has 214 valence electrons. The fourth-order valence-corrected chi connectivity index (χ4v) is 4.79. The van der Waals surface area contributed by atoms with E-state index in [0.717, 1.165) is 16.1 Å². The lowest BCUT2D eigenvalue weighted by atomic mass is 10.1. The number of anilines is 2. The van der Waals surface area contributed by atoms with Crippen LogP contribution in [0.2, 0.25) is 0 Å². The van der Waals surface area contributed by atoms with E-state index in [1.165, 1.54) is 26.4 Å². The molecule has 3 aromatic rings. The Morgan fingerprint density at radius 3 is 2.17 bits per heavy atom. The van der Waals surface area contributed by atoms with Gasteiger partial charge in [-0.15, -0.1) is 0 Å². The van der Waals surface area contributed by atoms with E-state index in [9.17, 15) is 18.0 Å². The van der Waals surface area contributed by atoms with E-state index in [1.54, 1.807) is 50.6 Å². The second-order valence-electron chi connectivity index (χ2n) is 8.60. The van der Waals surface area contributed by atoms with Crippen molar-refractivity contribution in [3.8, 4) is 23.0 Å². The SMILES string of the molecule is COc1ccc(N(CC(=O)Nc2ccccc2C(=O)NCCc2ccc(OC)c(OC)c2)S(C)(=O)=O)c(OC)c1. The zero-order valence-corrected chi connectivity index (χ0v) is 23.8. The monoisotopic (exact) mass is 571 g/mol. The number of amides is 2. The van der Waals surface area contributed by atoms with E-state index in [4.69, 9.17) is 18.9 Å². The van der Waals surface area contributed by atoms with Crippen LogP contribution in [-0.4, -0.2) is 68.0 Å². The topological polar surface area (TPSA) is 132 Å². The van der Waals surface area contributed by atoms with Gasteiger partial charge in [0.05, 0.1) is 51.6 Å². The number of benzene rings is 3. The summed E-state index contributed by atoms with van der Waals surface area (Å²) in [7, 11) is 2.09. The molecule has 0 aliphatic carbocycles. The van der Waals surface area contributed by atoms with Gasteiger partial charge in [-0.3, -0.25) is 13.9 Å². The Morgan fingerprint density at radius 1 is 0.825 bits per heavy atom. The number of hydrogen-bond acceptors (Lipinski definition) is 8. The Kier molecular flexibility index (Phi) is 10.2. The Bertz CT molecular complexity index is 1460. The molecule has 2 amide bonds. The molecule has 0 aliphatic heterocycles. The van der Waals surface area contributed by atoms with Crippen molar-refractivity contribution in [3.63, 3.8) is 0 Å². The minimum atomic E-state index is -3.88. The van der Waals surface area contributed by atoms with Crippen molar-refractivity contribution in [3.05, 3.63) is 71.8 Å². The average Bonchev–Trinajstić information content (AvgIpc) is 2.95. The van der Waals surface area contributed by atoms with Crippen LogP contribution in [0.1, 0.15) is 15.9 Å². The average molecular weight is 572 g/mol. The van der Waals surface area contributed by atoms with Crippen molar-refractivity contribution < 1.29 is 37.0 Å². The van der Waals surface area contributed by atoms with Gasteiger partial charge in [-0.2, -0.15) is 0 Å². The van der Waals surface area contributed by atoms with Gasteiger partial charge >= 0.3 is 0 Å². The van der Waals surface area contributed by atoms with Gasteiger partial charge in [-0.1, -0.05) is 18.2 Å². The van der Waals surface area contributed by atoms with E-state index in [0.29, 0.717) is 30.2 Å². The minimum absolute atomic E-state index is 0.169. The maximum atomic E-state index is 13.0. The molecule has 0 radical (unpaired) electrons. The second kappa shape index (κ2) is 13.6. The molecular formula is C28H33N3O8S.